The Morgan fingerprint density at radius 2 is 1.18 bits per heavy atom. The van der Waals surface area contributed by atoms with E-state index >= 15 is 0 Å². The zero-order chi connectivity index (χ0) is 35.9. The SMILES string of the molecule is Cc1ncc(-c2nc3c(Cl)ncnc3n2C)cn1.Cc1ncc(B(O)O)cn1.Clc1ncnc2nc[nH]c12.Cn1c(I)nc2c(Cl)ncnc21. The summed E-state index contributed by atoms with van der Waals surface area (Å²) in [4.78, 5) is 54.8. The second-order valence-electron chi connectivity index (χ2n) is 9.83. The van der Waals surface area contributed by atoms with Crippen LogP contribution in [0.15, 0.2) is 50.1 Å². The van der Waals surface area contributed by atoms with Gasteiger partial charge in [-0.3, -0.25) is 0 Å². The first-order valence-corrected chi connectivity index (χ1v) is 16.2. The monoisotopic (exact) mass is 846 g/mol. The van der Waals surface area contributed by atoms with Crippen LogP contribution in [0.5, 0.6) is 0 Å². The minimum absolute atomic E-state index is 0.311. The quantitative estimate of drug-likeness (QED) is 0.0983. The van der Waals surface area contributed by atoms with Crippen molar-refractivity contribution in [1.82, 2.24) is 78.9 Å². The highest BCUT2D eigenvalue weighted by atomic mass is 127. The molecule has 0 saturated heterocycles. The third-order valence-corrected chi connectivity index (χ3v) is 8.29. The van der Waals surface area contributed by atoms with Crippen LogP contribution in [0.2, 0.25) is 15.5 Å². The summed E-state index contributed by atoms with van der Waals surface area (Å²) in [6.07, 6.45) is 12.0. The number of nitrogens with one attached hydrogen (secondary N) is 1. The largest absolute Gasteiger partial charge is 0.491 e. The standard InChI is InChI=1S/C11H9ClN6.C6H4ClIN4.C5H7BN2O2.C5H3ClN4/c1-6-13-3-7(4-14-6)10-17-8-9(12)15-5-16-11(8)18(10)2;1-12-5-3(11-6(12)8)4(7)9-2-10-5;1-4-7-2-5(3-8-4)6(9)10;6-4-3-5(9-1-7-3)10-2-8-4/h3-5H,1-2H3;2H,1H3;2-3,9-10H,1H3;1-2H,(H,7,8,9,10). The molecule has 50 heavy (non-hydrogen) atoms. The molecule has 0 aromatic carbocycles. The Kier molecular flexibility index (Phi) is 12.0. The van der Waals surface area contributed by atoms with Crippen molar-refractivity contribution in [2.24, 2.45) is 14.1 Å². The first-order chi connectivity index (χ1) is 23.9. The van der Waals surface area contributed by atoms with Crippen molar-refractivity contribution in [2.45, 2.75) is 13.8 Å². The maximum Gasteiger partial charge on any atom is 0.491 e. The summed E-state index contributed by atoms with van der Waals surface area (Å²) in [5.41, 5.74) is 5.10. The van der Waals surface area contributed by atoms with Gasteiger partial charge in [-0.25, -0.2) is 64.8 Å². The molecule has 0 aliphatic rings. The van der Waals surface area contributed by atoms with Gasteiger partial charge < -0.3 is 24.2 Å². The Bertz CT molecular complexity index is 2370. The van der Waals surface area contributed by atoms with Gasteiger partial charge in [-0.1, -0.05) is 34.8 Å². The van der Waals surface area contributed by atoms with Gasteiger partial charge in [0.15, 0.2) is 36.2 Å². The molecule has 0 unspecified atom stereocenters. The van der Waals surface area contributed by atoms with Gasteiger partial charge >= 0.3 is 7.12 Å². The van der Waals surface area contributed by atoms with Crippen LogP contribution in [0.4, 0.5) is 0 Å². The highest BCUT2D eigenvalue weighted by Gasteiger charge is 2.14. The maximum absolute atomic E-state index is 8.59. The summed E-state index contributed by atoms with van der Waals surface area (Å²) >= 11 is 19.6. The second-order valence-corrected chi connectivity index (χ2v) is 11.9. The first kappa shape index (κ1) is 36.7. The van der Waals surface area contributed by atoms with Crippen LogP contribution in [0, 0.1) is 17.7 Å². The van der Waals surface area contributed by atoms with Crippen LogP contribution in [0.25, 0.3) is 44.9 Å². The van der Waals surface area contributed by atoms with Crippen molar-refractivity contribution >= 4 is 103 Å². The number of H-pyrrole nitrogens is 1. The molecule has 0 fully saturated rings. The number of fused-ring (bicyclic) bond motifs is 3. The van der Waals surface area contributed by atoms with E-state index in [0.29, 0.717) is 60.4 Å². The van der Waals surface area contributed by atoms with Crippen LogP contribution in [-0.2, 0) is 14.1 Å². The van der Waals surface area contributed by atoms with Gasteiger partial charge in [0.2, 0.25) is 0 Å². The molecular weight excluding hydrogens is 824 g/mol. The number of rotatable bonds is 2. The van der Waals surface area contributed by atoms with Crippen molar-refractivity contribution in [1.29, 1.82) is 0 Å². The molecule has 8 aromatic heterocycles. The Labute approximate surface area is 311 Å². The van der Waals surface area contributed by atoms with Gasteiger partial charge in [-0.2, -0.15) is 0 Å². The Balaban J connectivity index is 0.000000134. The van der Waals surface area contributed by atoms with Crippen LogP contribution in [0.3, 0.4) is 0 Å². The van der Waals surface area contributed by atoms with Gasteiger partial charge in [0.05, 0.1) is 11.9 Å². The van der Waals surface area contributed by atoms with Gasteiger partial charge in [0, 0.05) is 66.9 Å². The van der Waals surface area contributed by atoms with E-state index in [1.165, 1.54) is 37.7 Å². The smallest absolute Gasteiger partial charge is 0.423 e. The van der Waals surface area contributed by atoms with Gasteiger partial charge in [0.25, 0.3) is 0 Å². The van der Waals surface area contributed by atoms with Crippen molar-refractivity contribution in [3.63, 3.8) is 0 Å². The van der Waals surface area contributed by atoms with Crippen LogP contribution in [0.1, 0.15) is 11.6 Å². The summed E-state index contributed by atoms with van der Waals surface area (Å²) in [7, 11) is 2.29. The molecule has 8 rings (SSSR count). The van der Waals surface area contributed by atoms with Crippen molar-refractivity contribution in [3.05, 3.63) is 81.0 Å². The van der Waals surface area contributed by atoms with Crippen LogP contribution in [-0.4, -0.2) is 96.1 Å². The van der Waals surface area contributed by atoms with Crippen molar-refractivity contribution in [3.8, 4) is 11.4 Å². The maximum atomic E-state index is 8.59. The lowest BCUT2D eigenvalue weighted by Gasteiger charge is -2.00. The van der Waals surface area contributed by atoms with Crippen LogP contribution >= 0.6 is 57.4 Å². The fourth-order valence-corrected chi connectivity index (χ4v) is 4.95. The summed E-state index contributed by atoms with van der Waals surface area (Å²) in [5.74, 6) is 2.05. The van der Waals surface area contributed by atoms with E-state index in [0.717, 1.165) is 20.9 Å². The minimum Gasteiger partial charge on any atom is -0.423 e. The fraction of sp³-hybridized carbons (Fsp3) is 0.148. The summed E-state index contributed by atoms with van der Waals surface area (Å²) in [5, 5.41) is 18.3. The average molecular weight is 848 g/mol. The number of imidazole rings is 3. The predicted octanol–water partition coefficient (Wildman–Crippen LogP) is 2.87. The van der Waals surface area contributed by atoms with Crippen LogP contribution < -0.4 is 5.46 Å². The summed E-state index contributed by atoms with van der Waals surface area (Å²) in [6.45, 7) is 3.56. The number of nitrogens with zero attached hydrogens (tertiary/aromatic N) is 15. The minimum atomic E-state index is -1.47. The van der Waals surface area contributed by atoms with E-state index in [2.05, 4.69) is 92.4 Å². The van der Waals surface area contributed by atoms with E-state index in [1.54, 1.807) is 19.3 Å². The number of hydrogen-bond acceptors (Lipinski definition) is 15. The first-order valence-electron chi connectivity index (χ1n) is 14.0. The zero-order valence-electron chi connectivity index (χ0n) is 26.3. The molecule has 0 saturated carbocycles. The van der Waals surface area contributed by atoms with E-state index in [9.17, 15) is 0 Å². The number of aryl methyl sites for hydroxylation is 4. The molecule has 23 heteroatoms. The van der Waals surface area contributed by atoms with E-state index < -0.39 is 7.12 Å². The summed E-state index contributed by atoms with van der Waals surface area (Å²) < 4.78 is 4.56. The number of halogens is 4. The normalized spacial score (nSPS) is 10.6. The molecule has 0 aliphatic heterocycles. The molecule has 0 atom stereocenters. The molecule has 254 valence electrons. The average Bonchev–Trinajstić information content (AvgIpc) is 3.81. The fourth-order valence-electron chi connectivity index (χ4n) is 3.95. The lowest BCUT2D eigenvalue weighted by atomic mass is 9.83. The second kappa shape index (κ2) is 16.4. The van der Waals surface area contributed by atoms with Crippen molar-refractivity contribution < 1.29 is 10.0 Å². The van der Waals surface area contributed by atoms with Crippen molar-refractivity contribution in [2.75, 3.05) is 0 Å². The zero-order valence-corrected chi connectivity index (χ0v) is 30.7. The molecular formula is C27H23BCl3IN16O2. The van der Waals surface area contributed by atoms with E-state index in [1.807, 2.05) is 30.2 Å². The molecule has 3 N–H and O–H groups in total. The molecule has 0 amide bonds. The van der Waals surface area contributed by atoms with Gasteiger partial charge in [-0.15, -0.1) is 0 Å². The molecule has 0 bridgehead atoms. The Hall–Kier alpha value is -4.61. The van der Waals surface area contributed by atoms with E-state index in [4.69, 9.17) is 44.9 Å². The lowest BCUT2D eigenvalue weighted by Crippen LogP contribution is -2.30. The number of aromatic nitrogens is 16. The molecule has 0 spiro atoms. The van der Waals surface area contributed by atoms with Gasteiger partial charge in [0.1, 0.15) is 53.0 Å². The topological polar surface area (TPSA) is 234 Å². The highest BCUT2D eigenvalue weighted by molar-refractivity contribution is 14.1. The van der Waals surface area contributed by atoms with E-state index in [-0.39, 0.29) is 0 Å². The number of hydrogen-bond donors (Lipinski definition) is 3. The Morgan fingerprint density at radius 3 is 1.72 bits per heavy atom. The molecule has 0 aliphatic carbocycles. The third-order valence-electron chi connectivity index (χ3n) is 6.48. The molecule has 8 aromatic rings. The molecule has 0 radical (unpaired) electrons. The molecule has 18 nitrogen and oxygen atoms in total. The predicted molar refractivity (Wildman–Crippen MR) is 194 cm³/mol. The third kappa shape index (κ3) is 8.57. The lowest BCUT2D eigenvalue weighted by molar-refractivity contribution is 0.425. The van der Waals surface area contributed by atoms with Gasteiger partial charge in [-0.05, 0) is 13.8 Å². The highest BCUT2D eigenvalue weighted by Crippen LogP contribution is 2.24. The Morgan fingerprint density at radius 1 is 0.660 bits per heavy atom. The molecule has 8 heterocycles. The number of aromatic amines is 1. The summed E-state index contributed by atoms with van der Waals surface area (Å²) in [6, 6.07) is 0.